The molecule has 0 bridgehead atoms. The van der Waals surface area contributed by atoms with Crippen molar-refractivity contribution in [2.75, 3.05) is 13.1 Å². The SMILES string of the molecule is Cc1ccncc1C(=O)N1CC(=O)NCC1C(C)(C)C. The van der Waals surface area contributed by atoms with E-state index in [2.05, 4.69) is 31.1 Å². The standard InChI is InChI=1S/C15H21N3O2/c1-10-5-6-16-7-11(10)14(20)18-9-13(19)17-8-12(18)15(2,3)4/h5-7,12H,8-9H2,1-4H3,(H,17,19). The number of rotatable bonds is 1. The van der Waals surface area contributed by atoms with Crippen LogP contribution in [0.15, 0.2) is 18.5 Å². The maximum absolute atomic E-state index is 12.7. The molecule has 5 nitrogen and oxygen atoms in total. The minimum absolute atomic E-state index is 0.0210. The minimum Gasteiger partial charge on any atom is -0.352 e. The largest absolute Gasteiger partial charge is 0.352 e. The Morgan fingerprint density at radius 3 is 2.75 bits per heavy atom. The number of carbonyl (C=O) groups excluding carboxylic acids is 2. The molecular formula is C15H21N3O2. The van der Waals surface area contributed by atoms with Crippen LogP contribution in [0.25, 0.3) is 0 Å². The van der Waals surface area contributed by atoms with Crippen LogP contribution in [0, 0.1) is 12.3 Å². The number of aromatic nitrogens is 1. The summed E-state index contributed by atoms with van der Waals surface area (Å²) in [5.74, 6) is -0.231. The zero-order valence-corrected chi connectivity index (χ0v) is 12.4. The van der Waals surface area contributed by atoms with E-state index in [9.17, 15) is 9.59 Å². The van der Waals surface area contributed by atoms with Gasteiger partial charge in [0, 0.05) is 18.9 Å². The molecule has 0 aliphatic carbocycles. The number of carbonyl (C=O) groups is 2. The van der Waals surface area contributed by atoms with Gasteiger partial charge in [0.2, 0.25) is 5.91 Å². The summed E-state index contributed by atoms with van der Waals surface area (Å²) in [4.78, 5) is 30.1. The van der Waals surface area contributed by atoms with Gasteiger partial charge in [-0.2, -0.15) is 0 Å². The van der Waals surface area contributed by atoms with Crippen LogP contribution in [0.2, 0.25) is 0 Å². The summed E-state index contributed by atoms with van der Waals surface area (Å²) < 4.78 is 0. The topological polar surface area (TPSA) is 62.3 Å². The average Bonchev–Trinajstić information content (AvgIpc) is 2.37. The van der Waals surface area contributed by atoms with Crippen molar-refractivity contribution < 1.29 is 9.59 Å². The van der Waals surface area contributed by atoms with E-state index in [0.29, 0.717) is 12.1 Å². The first kappa shape index (κ1) is 14.5. The van der Waals surface area contributed by atoms with Gasteiger partial charge in [-0.1, -0.05) is 20.8 Å². The van der Waals surface area contributed by atoms with Gasteiger partial charge in [0.15, 0.2) is 0 Å². The van der Waals surface area contributed by atoms with Gasteiger partial charge in [0.05, 0.1) is 11.6 Å². The lowest BCUT2D eigenvalue weighted by atomic mass is 9.84. The smallest absolute Gasteiger partial charge is 0.256 e. The zero-order chi connectivity index (χ0) is 14.9. The number of amides is 2. The third-order valence-corrected chi connectivity index (χ3v) is 3.71. The van der Waals surface area contributed by atoms with E-state index in [1.165, 1.54) is 0 Å². The molecule has 2 heterocycles. The van der Waals surface area contributed by atoms with Gasteiger partial charge in [-0.25, -0.2) is 0 Å². The van der Waals surface area contributed by atoms with Crippen molar-refractivity contribution in [1.29, 1.82) is 0 Å². The van der Waals surface area contributed by atoms with Crippen LogP contribution >= 0.6 is 0 Å². The van der Waals surface area contributed by atoms with Crippen molar-refractivity contribution in [1.82, 2.24) is 15.2 Å². The Hall–Kier alpha value is -1.91. The van der Waals surface area contributed by atoms with Crippen LogP contribution < -0.4 is 5.32 Å². The molecule has 0 saturated carbocycles. The first-order valence-corrected chi connectivity index (χ1v) is 6.79. The van der Waals surface area contributed by atoms with Crippen LogP contribution in [-0.4, -0.2) is 40.8 Å². The highest BCUT2D eigenvalue weighted by molar-refractivity contribution is 5.98. The number of hydrogen-bond donors (Lipinski definition) is 1. The Bertz CT molecular complexity index is 534. The molecule has 1 fully saturated rings. The average molecular weight is 275 g/mol. The van der Waals surface area contributed by atoms with Crippen molar-refractivity contribution in [3.05, 3.63) is 29.6 Å². The predicted molar refractivity (Wildman–Crippen MR) is 76.3 cm³/mol. The third-order valence-electron chi connectivity index (χ3n) is 3.71. The Kier molecular flexibility index (Phi) is 3.79. The van der Waals surface area contributed by atoms with Gasteiger partial charge < -0.3 is 10.2 Å². The van der Waals surface area contributed by atoms with E-state index in [-0.39, 0.29) is 29.8 Å². The normalized spacial score (nSPS) is 19.7. The van der Waals surface area contributed by atoms with Crippen LogP contribution in [0.4, 0.5) is 0 Å². The van der Waals surface area contributed by atoms with E-state index in [0.717, 1.165) is 5.56 Å². The van der Waals surface area contributed by atoms with Gasteiger partial charge in [0.1, 0.15) is 6.54 Å². The molecule has 1 aromatic heterocycles. The van der Waals surface area contributed by atoms with Gasteiger partial charge in [-0.05, 0) is 24.0 Å². The number of piperazine rings is 1. The summed E-state index contributed by atoms with van der Waals surface area (Å²) in [5.41, 5.74) is 1.35. The van der Waals surface area contributed by atoms with E-state index in [1.54, 1.807) is 17.3 Å². The van der Waals surface area contributed by atoms with Gasteiger partial charge >= 0.3 is 0 Å². The van der Waals surface area contributed by atoms with Crippen LogP contribution in [0.1, 0.15) is 36.7 Å². The fourth-order valence-electron chi connectivity index (χ4n) is 2.47. The van der Waals surface area contributed by atoms with Crippen molar-refractivity contribution in [3.63, 3.8) is 0 Å². The third kappa shape index (κ3) is 2.81. The molecule has 1 saturated heterocycles. The first-order chi connectivity index (χ1) is 9.30. The van der Waals surface area contributed by atoms with E-state index >= 15 is 0 Å². The quantitative estimate of drug-likeness (QED) is 0.842. The maximum atomic E-state index is 12.7. The molecule has 1 aromatic rings. The molecule has 20 heavy (non-hydrogen) atoms. The van der Waals surface area contributed by atoms with Crippen LogP contribution in [0.3, 0.4) is 0 Å². The highest BCUT2D eigenvalue weighted by Gasteiger charge is 2.38. The predicted octanol–water partition coefficient (Wildman–Crippen LogP) is 1.38. The summed E-state index contributed by atoms with van der Waals surface area (Å²) in [6, 6.07) is 1.79. The summed E-state index contributed by atoms with van der Waals surface area (Å²) in [7, 11) is 0. The summed E-state index contributed by atoms with van der Waals surface area (Å²) >= 11 is 0. The fourth-order valence-corrected chi connectivity index (χ4v) is 2.47. The molecule has 1 unspecified atom stereocenters. The molecule has 0 spiro atoms. The lowest BCUT2D eigenvalue weighted by Crippen LogP contribution is -2.60. The summed E-state index contributed by atoms with van der Waals surface area (Å²) in [6.07, 6.45) is 3.24. The number of pyridine rings is 1. The number of nitrogens with zero attached hydrogens (tertiary/aromatic N) is 2. The molecule has 0 aromatic carbocycles. The fraction of sp³-hybridized carbons (Fsp3) is 0.533. The summed E-state index contributed by atoms with van der Waals surface area (Å²) in [6.45, 7) is 8.70. The lowest BCUT2D eigenvalue weighted by Gasteiger charge is -2.43. The molecule has 0 radical (unpaired) electrons. The Labute approximate surface area is 119 Å². The van der Waals surface area contributed by atoms with Crippen molar-refractivity contribution in [2.45, 2.75) is 33.7 Å². The first-order valence-electron chi connectivity index (χ1n) is 6.79. The molecule has 2 amide bonds. The Balaban J connectivity index is 2.34. The molecule has 1 aliphatic rings. The summed E-state index contributed by atoms with van der Waals surface area (Å²) in [5, 5.41) is 2.84. The molecule has 1 N–H and O–H groups in total. The monoisotopic (exact) mass is 275 g/mol. The van der Waals surface area contributed by atoms with E-state index in [1.807, 2.05) is 13.0 Å². The molecule has 108 valence electrons. The van der Waals surface area contributed by atoms with E-state index in [4.69, 9.17) is 0 Å². The van der Waals surface area contributed by atoms with Gasteiger partial charge in [-0.15, -0.1) is 0 Å². The molecule has 5 heteroatoms. The molecule has 1 aliphatic heterocycles. The van der Waals surface area contributed by atoms with Gasteiger partial charge in [0.25, 0.3) is 5.91 Å². The number of hydrogen-bond acceptors (Lipinski definition) is 3. The lowest BCUT2D eigenvalue weighted by molar-refractivity contribution is -0.125. The van der Waals surface area contributed by atoms with Crippen LogP contribution in [0.5, 0.6) is 0 Å². The number of aryl methyl sites for hydroxylation is 1. The van der Waals surface area contributed by atoms with Crippen molar-refractivity contribution in [3.8, 4) is 0 Å². The minimum atomic E-state index is -0.120. The zero-order valence-electron chi connectivity index (χ0n) is 12.4. The van der Waals surface area contributed by atoms with Crippen molar-refractivity contribution >= 4 is 11.8 Å². The second-order valence-corrected chi connectivity index (χ2v) is 6.31. The highest BCUT2D eigenvalue weighted by atomic mass is 16.2. The van der Waals surface area contributed by atoms with Crippen LogP contribution in [-0.2, 0) is 4.79 Å². The Morgan fingerprint density at radius 1 is 1.45 bits per heavy atom. The second-order valence-electron chi connectivity index (χ2n) is 6.31. The van der Waals surface area contributed by atoms with Gasteiger partial charge in [-0.3, -0.25) is 14.6 Å². The second kappa shape index (κ2) is 5.23. The van der Waals surface area contributed by atoms with E-state index < -0.39 is 0 Å². The highest BCUT2D eigenvalue weighted by Crippen LogP contribution is 2.27. The molecule has 1 atom stereocenters. The number of nitrogens with one attached hydrogen (secondary N) is 1. The maximum Gasteiger partial charge on any atom is 0.256 e. The molecule has 2 rings (SSSR count). The Morgan fingerprint density at radius 2 is 2.15 bits per heavy atom. The van der Waals surface area contributed by atoms with Crippen molar-refractivity contribution in [2.24, 2.45) is 5.41 Å². The molecular weight excluding hydrogens is 254 g/mol.